The van der Waals surface area contributed by atoms with Gasteiger partial charge < -0.3 is 10.2 Å². The van der Waals surface area contributed by atoms with Crippen LogP contribution in [0.1, 0.15) is 5.56 Å². The third-order valence-corrected chi connectivity index (χ3v) is 2.81. The van der Waals surface area contributed by atoms with E-state index in [2.05, 4.69) is 15.3 Å². The summed E-state index contributed by atoms with van der Waals surface area (Å²) in [5, 5.41) is 3.87. The van der Waals surface area contributed by atoms with Gasteiger partial charge in [-0.1, -0.05) is 17.7 Å². The zero-order chi connectivity index (χ0) is 13.1. The van der Waals surface area contributed by atoms with Gasteiger partial charge in [0.05, 0.1) is 10.7 Å². The normalized spacial score (nSPS) is 10.2. The van der Waals surface area contributed by atoms with E-state index in [0.29, 0.717) is 5.02 Å². The monoisotopic (exact) mass is 262 g/mol. The van der Waals surface area contributed by atoms with E-state index in [9.17, 15) is 0 Å². The van der Waals surface area contributed by atoms with Crippen LogP contribution >= 0.6 is 11.6 Å². The van der Waals surface area contributed by atoms with Gasteiger partial charge in [-0.2, -0.15) is 0 Å². The molecule has 5 heteroatoms. The zero-order valence-corrected chi connectivity index (χ0v) is 11.4. The molecule has 2 aromatic rings. The Hall–Kier alpha value is -1.81. The Labute approximate surface area is 112 Å². The van der Waals surface area contributed by atoms with Crippen LogP contribution < -0.4 is 10.2 Å². The molecule has 18 heavy (non-hydrogen) atoms. The molecule has 1 N–H and O–H groups in total. The highest BCUT2D eigenvalue weighted by atomic mass is 35.5. The van der Waals surface area contributed by atoms with Gasteiger partial charge in [0.2, 0.25) is 0 Å². The first-order chi connectivity index (χ1) is 8.56. The van der Waals surface area contributed by atoms with Gasteiger partial charge in [0.15, 0.2) is 0 Å². The molecule has 1 aromatic carbocycles. The molecule has 0 atom stereocenters. The van der Waals surface area contributed by atoms with Crippen LogP contribution in [0.5, 0.6) is 0 Å². The first-order valence-electron chi connectivity index (χ1n) is 5.59. The number of nitrogens with zero attached hydrogens (tertiary/aromatic N) is 3. The minimum Gasteiger partial charge on any atom is -0.363 e. The summed E-state index contributed by atoms with van der Waals surface area (Å²) >= 11 is 6.17. The summed E-state index contributed by atoms with van der Waals surface area (Å²) in [6.07, 6.45) is 1.53. The molecule has 1 heterocycles. The van der Waals surface area contributed by atoms with E-state index < -0.39 is 0 Å². The van der Waals surface area contributed by atoms with Crippen LogP contribution in [0.15, 0.2) is 30.6 Å². The van der Waals surface area contributed by atoms with Crippen molar-refractivity contribution in [3.05, 3.63) is 41.2 Å². The number of aromatic nitrogens is 2. The van der Waals surface area contributed by atoms with Gasteiger partial charge in [-0.3, -0.25) is 0 Å². The lowest BCUT2D eigenvalue weighted by Crippen LogP contribution is -2.11. The van der Waals surface area contributed by atoms with E-state index >= 15 is 0 Å². The molecule has 94 valence electrons. The second-order valence-corrected chi connectivity index (χ2v) is 4.67. The maximum Gasteiger partial charge on any atom is 0.135 e. The predicted octanol–water partition coefficient (Wildman–Crippen LogP) is 3.25. The van der Waals surface area contributed by atoms with Crippen molar-refractivity contribution in [2.75, 3.05) is 24.3 Å². The van der Waals surface area contributed by atoms with Gasteiger partial charge in [0.25, 0.3) is 0 Å². The fourth-order valence-corrected chi connectivity index (χ4v) is 1.80. The van der Waals surface area contributed by atoms with E-state index in [-0.39, 0.29) is 0 Å². The molecular formula is C13H15ClN4. The van der Waals surface area contributed by atoms with Gasteiger partial charge >= 0.3 is 0 Å². The first kappa shape index (κ1) is 12.6. The standard InChI is InChI=1S/C13H15ClN4/c1-9-4-5-11(10(14)6-9)17-12-7-13(18(2)3)16-8-15-12/h4-8H,1-3H3,(H,15,16,17). The smallest absolute Gasteiger partial charge is 0.135 e. The number of hydrogen-bond acceptors (Lipinski definition) is 4. The van der Waals surface area contributed by atoms with Gasteiger partial charge in [0.1, 0.15) is 18.0 Å². The van der Waals surface area contributed by atoms with Gasteiger partial charge in [0, 0.05) is 20.2 Å². The Balaban J connectivity index is 2.25. The summed E-state index contributed by atoms with van der Waals surface area (Å²) in [5.41, 5.74) is 1.97. The molecular weight excluding hydrogens is 248 g/mol. The van der Waals surface area contributed by atoms with Crippen LogP contribution in [0.3, 0.4) is 0 Å². The second-order valence-electron chi connectivity index (χ2n) is 4.26. The Kier molecular flexibility index (Phi) is 3.67. The van der Waals surface area contributed by atoms with Crippen molar-refractivity contribution in [1.82, 2.24) is 9.97 Å². The maximum atomic E-state index is 6.17. The number of benzene rings is 1. The van der Waals surface area contributed by atoms with Crippen LogP contribution in [-0.2, 0) is 0 Å². The summed E-state index contributed by atoms with van der Waals surface area (Å²) in [6, 6.07) is 7.73. The topological polar surface area (TPSA) is 41.0 Å². The summed E-state index contributed by atoms with van der Waals surface area (Å²) in [6.45, 7) is 2.00. The van der Waals surface area contributed by atoms with Gasteiger partial charge in [-0.15, -0.1) is 0 Å². The molecule has 0 unspecified atom stereocenters. The largest absolute Gasteiger partial charge is 0.363 e. The molecule has 0 saturated carbocycles. The first-order valence-corrected chi connectivity index (χ1v) is 5.96. The third-order valence-electron chi connectivity index (χ3n) is 2.50. The van der Waals surface area contributed by atoms with Crippen LogP contribution in [0.4, 0.5) is 17.3 Å². The molecule has 2 rings (SSSR count). The highest BCUT2D eigenvalue weighted by Crippen LogP contribution is 2.26. The van der Waals surface area contributed by atoms with E-state index in [4.69, 9.17) is 11.6 Å². The van der Waals surface area contributed by atoms with Crippen molar-refractivity contribution >= 4 is 28.9 Å². The molecule has 0 bridgehead atoms. The Morgan fingerprint density at radius 1 is 1.17 bits per heavy atom. The molecule has 4 nitrogen and oxygen atoms in total. The predicted molar refractivity (Wildman–Crippen MR) is 75.8 cm³/mol. The van der Waals surface area contributed by atoms with Crippen LogP contribution in [0, 0.1) is 6.92 Å². The van der Waals surface area contributed by atoms with Crippen molar-refractivity contribution in [2.45, 2.75) is 6.92 Å². The molecule has 0 saturated heterocycles. The lowest BCUT2D eigenvalue weighted by molar-refractivity contribution is 1.04. The highest BCUT2D eigenvalue weighted by molar-refractivity contribution is 6.33. The lowest BCUT2D eigenvalue weighted by atomic mass is 10.2. The van der Waals surface area contributed by atoms with E-state index in [1.54, 1.807) is 0 Å². The average molecular weight is 263 g/mol. The number of halogens is 1. The van der Waals surface area contributed by atoms with Crippen molar-refractivity contribution in [2.24, 2.45) is 0 Å². The van der Waals surface area contributed by atoms with E-state index in [1.807, 2.05) is 50.2 Å². The van der Waals surface area contributed by atoms with E-state index in [0.717, 1.165) is 22.9 Å². The fraction of sp³-hybridized carbons (Fsp3) is 0.231. The summed E-state index contributed by atoms with van der Waals surface area (Å²) in [4.78, 5) is 10.3. The minimum absolute atomic E-state index is 0.681. The Morgan fingerprint density at radius 2 is 1.94 bits per heavy atom. The lowest BCUT2D eigenvalue weighted by Gasteiger charge is -2.13. The van der Waals surface area contributed by atoms with Gasteiger partial charge in [-0.05, 0) is 24.6 Å². The van der Waals surface area contributed by atoms with Crippen molar-refractivity contribution in [1.29, 1.82) is 0 Å². The number of hydrogen-bond donors (Lipinski definition) is 1. The number of anilines is 3. The van der Waals surface area contributed by atoms with E-state index in [1.165, 1.54) is 6.33 Å². The van der Waals surface area contributed by atoms with Crippen LogP contribution in [0.2, 0.25) is 5.02 Å². The molecule has 1 aromatic heterocycles. The molecule has 0 radical (unpaired) electrons. The fourth-order valence-electron chi connectivity index (χ4n) is 1.52. The summed E-state index contributed by atoms with van der Waals surface area (Å²) in [7, 11) is 3.87. The Morgan fingerprint density at radius 3 is 2.61 bits per heavy atom. The molecule has 0 amide bonds. The summed E-state index contributed by atoms with van der Waals surface area (Å²) < 4.78 is 0. The van der Waals surface area contributed by atoms with Crippen molar-refractivity contribution < 1.29 is 0 Å². The van der Waals surface area contributed by atoms with Crippen molar-refractivity contribution in [3.8, 4) is 0 Å². The van der Waals surface area contributed by atoms with Gasteiger partial charge in [-0.25, -0.2) is 9.97 Å². The molecule has 0 aliphatic heterocycles. The number of aryl methyl sites for hydroxylation is 1. The SMILES string of the molecule is Cc1ccc(Nc2cc(N(C)C)ncn2)c(Cl)c1. The highest BCUT2D eigenvalue weighted by Gasteiger charge is 2.04. The molecule has 0 spiro atoms. The second kappa shape index (κ2) is 5.23. The quantitative estimate of drug-likeness (QED) is 0.922. The van der Waals surface area contributed by atoms with Crippen molar-refractivity contribution in [3.63, 3.8) is 0 Å². The summed E-state index contributed by atoms with van der Waals surface area (Å²) in [5.74, 6) is 1.56. The Bertz CT molecular complexity index is 554. The van der Waals surface area contributed by atoms with Crippen LogP contribution in [0.25, 0.3) is 0 Å². The maximum absolute atomic E-state index is 6.17. The minimum atomic E-state index is 0.681. The number of rotatable bonds is 3. The average Bonchev–Trinajstić information content (AvgIpc) is 2.33. The van der Waals surface area contributed by atoms with Crippen LogP contribution in [-0.4, -0.2) is 24.1 Å². The number of nitrogens with one attached hydrogen (secondary N) is 1. The molecule has 0 aliphatic rings. The zero-order valence-electron chi connectivity index (χ0n) is 10.6. The third kappa shape index (κ3) is 2.90. The molecule has 0 fully saturated rings. The molecule has 0 aliphatic carbocycles.